The van der Waals surface area contributed by atoms with Gasteiger partial charge in [-0.3, -0.25) is 0 Å². The molecule has 0 radical (unpaired) electrons. The van der Waals surface area contributed by atoms with Gasteiger partial charge in [-0.25, -0.2) is 0 Å². The first kappa shape index (κ1) is 13.3. The van der Waals surface area contributed by atoms with Gasteiger partial charge in [-0.05, 0) is 23.7 Å². The number of fused-ring (bicyclic) bond motifs is 1. The molecule has 1 aliphatic heterocycles. The largest absolute Gasteiger partial charge is 0.373 e. The van der Waals surface area contributed by atoms with Gasteiger partial charge >= 0.3 is 5.82 Å². The van der Waals surface area contributed by atoms with Crippen molar-refractivity contribution in [3.63, 3.8) is 0 Å². The normalized spacial score (nSPS) is 23.4. The van der Waals surface area contributed by atoms with Crippen molar-refractivity contribution in [2.45, 2.75) is 25.8 Å². The summed E-state index contributed by atoms with van der Waals surface area (Å²) >= 11 is 1.40. The average Bonchev–Trinajstić information content (AvgIpc) is 2.97. The van der Waals surface area contributed by atoms with Crippen molar-refractivity contribution in [1.82, 2.24) is 9.38 Å². The Labute approximate surface area is 120 Å². The molecule has 2 atom stereocenters. The number of nitrogens with zero attached hydrogens (tertiary/aromatic N) is 4. The maximum absolute atomic E-state index is 11.4. The molecule has 2 unspecified atom stereocenters. The molecule has 0 bridgehead atoms. The predicted octanol–water partition coefficient (Wildman–Crippen LogP) is 1.87. The molecule has 1 fully saturated rings. The van der Waals surface area contributed by atoms with E-state index in [4.69, 9.17) is 5.73 Å². The molecule has 2 N–H and O–H groups in total. The number of thiazole rings is 1. The fourth-order valence-electron chi connectivity index (χ4n) is 2.88. The third kappa shape index (κ3) is 2.04. The van der Waals surface area contributed by atoms with E-state index in [0.717, 1.165) is 19.4 Å². The summed E-state index contributed by atoms with van der Waals surface area (Å²) in [7, 11) is 0. The molecule has 2 aromatic heterocycles. The lowest BCUT2D eigenvalue weighted by Gasteiger charge is -2.37. The number of piperidine rings is 1. The highest BCUT2D eigenvalue weighted by molar-refractivity contribution is 7.15. The summed E-state index contributed by atoms with van der Waals surface area (Å²) in [6.45, 7) is 3.46. The van der Waals surface area contributed by atoms with Crippen LogP contribution in [0.1, 0.15) is 19.8 Å². The van der Waals surface area contributed by atoms with E-state index in [-0.39, 0.29) is 16.8 Å². The van der Waals surface area contributed by atoms with Gasteiger partial charge < -0.3 is 20.7 Å². The minimum Gasteiger partial charge on any atom is -0.358 e. The van der Waals surface area contributed by atoms with E-state index in [0.29, 0.717) is 23.2 Å². The van der Waals surface area contributed by atoms with Crippen LogP contribution in [0.5, 0.6) is 0 Å². The van der Waals surface area contributed by atoms with Crippen LogP contribution in [0.2, 0.25) is 0 Å². The SMILES string of the molecule is CC1CCN(c2nc3sccn3c2[N+](=O)[O-])C(CN)C1. The number of rotatable bonds is 3. The zero-order valence-corrected chi connectivity index (χ0v) is 12.0. The van der Waals surface area contributed by atoms with Gasteiger partial charge in [0.1, 0.15) is 6.20 Å². The Morgan fingerprint density at radius 3 is 3.15 bits per heavy atom. The second-order valence-corrected chi connectivity index (χ2v) is 6.16. The molecule has 1 aliphatic rings. The van der Waals surface area contributed by atoms with Gasteiger partial charge in [-0.15, -0.1) is 0 Å². The van der Waals surface area contributed by atoms with Gasteiger partial charge in [-0.1, -0.05) is 18.3 Å². The second-order valence-electron chi connectivity index (χ2n) is 5.28. The molecule has 8 heteroatoms. The Bertz CT molecular complexity index is 637. The van der Waals surface area contributed by atoms with E-state index in [1.54, 1.807) is 16.0 Å². The van der Waals surface area contributed by atoms with Gasteiger partial charge in [-0.2, -0.15) is 9.38 Å². The molecule has 0 aliphatic carbocycles. The van der Waals surface area contributed by atoms with E-state index in [1.807, 2.05) is 4.90 Å². The van der Waals surface area contributed by atoms with Gasteiger partial charge in [0.25, 0.3) is 4.96 Å². The first-order chi connectivity index (χ1) is 9.61. The first-order valence-electron chi connectivity index (χ1n) is 6.68. The van der Waals surface area contributed by atoms with Gasteiger partial charge in [0.2, 0.25) is 5.82 Å². The summed E-state index contributed by atoms with van der Waals surface area (Å²) < 4.78 is 1.55. The maximum Gasteiger partial charge on any atom is 0.373 e. The van der Waals surface area contributed by atoms with E-state index in [9.17, 15) is 10.1 Å². The predicted molar refractivity (Wildman–Crippen MR) is 78.3 cm³/mol. The Hall–Kier alpha value is -1.67. The van der Waals surface area contributed by atoms with Crippen molar-refractivity contribution < 1.29 is 4.92 Å². The molecular weight excluding hydrogens is 278 g/mol. The standard InChI is InChI=1S/C12H17N5O2S/c1-8-2-3-15(9(6-8)7-13)10-11(17(18)19)16-4-5-20-12(16)14-10/h4-5,8-9H,2-3,6-7,13H2,1H3. The third-order valence-corrected chi connectivity index (χ3v) is 4.67. The molecule has 3 rings (SSSR count). The van der Waals surface area contributed by atoms with Crippen LogP contribution < -0.4 is 10.6 Å². The van der Waals surface area contributed by atoms with Crippen LogP contribution >= 0.6 is 11.3 Å². The molecule has 3 heterocycles. The summed E-state index contributed by atoms with van der Waals surface area (Å²) in [6.07, 6.45) is 3.66. The maximum atomic E-state index is 11.4. The minimum atomic E-state index is -0.354. The average molecular weight is 295 g/mol. The molecular formula is C12H17N5O2S. The first-order valence-corrected chi connectivity index (χ1v) is 7.56. The highest BCUT2D eigenvalue weighted by Gasteiger charge is 2.34. The Kier molecular flexibility index (Phi) is 3.35. The van der Waals surface area contributed by atoms with E-state index < -0.39 is 0 Å². The number of hydrogen-bond donors (Lipinski definition) is 1. The minimum absolute atomic E-state index is 0.0502. The van der Waals surface area contributed by atoms with Crippen LogP contribution in [-0.2, 0) is 0 Å². The lowest BCUT2D eigenvalue weighted by atomic mass is 9.92. The van der Waals surface area contributed by atoms with Crippen LogP contribution in [0.25, 0.3) is 4.96 Å². The summed E-state index contributed by atoms with van der Waals surface area (Å²) in [6, 6.07) is 0.127. The lowest BCUT2D eigenvalue weighted by molar-refractivity contribution is -0.389. The van der Waals surface area contributed by atoms with Crippen molar-refractivity contribution in [2.24, 2.45) is 11.7 Å². The molecule has 0 saturated carbocycles. The fraction of sp³-hybridized carbons (Fsp3) is 0.583. The number of anilines is 1. The summed E-state index contributed by atoms with van der Waals surface area (Å²) in [5, 5.41) is 13.2. The number of nitro groups is 1. The van der Waals surface area contributed by atoms with Crippen LogP contribution in [0, 0.1) is 16.0 Å². The van der Waals surface area contributed by atoms with E-state index >= 15 is 0 Å². The quantitative estimate of drug-likeness (QED) is 0.689. The van der Waals surface area contributed by atoms with Crippen LogP contribution in [0.15, 0.2) is 11.6 Å². The van der Waals surface area contributed by atoms with E-state index in [1.165, 1.54) is 11.3 Å². The molecule has 0 amide bonds. The highest BCUT2D eigenvalue weighted by atomic mass is 32.1. The lowest BCUT2D eigenvalue weighted by Crippen LogP contribution is -2.46. The monoisotopic (exact) mass is 295 g/mol. The van der Waals surface area contributed by atoms with Gasteiger partial charge in [0, 0.05) is 24.5 Å². The topological polar surface area (TPSA) is 89.7 Å². The summed E-state index contributed by atoms with van der Waals surface area (Å²) in [4.78, 5) is 18.2. The van der Waals surface area contributed by atoms with Crippen molar-refractivity contribution in [1.29, 1.82) is 0 Å². The number of hydrogen-bond acceptors (Lipinski definition) is 6. The number of imidazole rings is 1. The van der Waals surface area contributed by atoms with Crippen LogP contribution in [0.3, 0.4) is 0 Å². The third-order valence-electron chi connectivity index (χ3n) is 3.91. The van der Waals surface area contributed by atoms with Crippen LogP contribution in [0.4, 0.5) is 11.6 Å². The second kappa shape index (κ2) is 5.02. The van der Waals surface area contributed by atoms with Crippen molar-refractivity contribution in [3.05, 3.63) is 21.7 Å². The number of aromatic nitrogens is 2. The van der Waals surface area contributed by atoms with Crippen molar-refractivity contribution in [2.75, 3.05) is 18.0 Å². The van der Waals surface area contributed by atoms with Gasteiger partial charge in [0.05, 0.1) is 0 Å². The smallest absolute Gasteiger partial charge is 0.358 e. The summed E-state index contributed by atoms with van der Waals surface area (Å²) in [5.41, 5.74) is 5.85. The van der Waals surface area contributed by atoms with Gasteiger partial charge in [0.15, 0.2) is 0 Å². The molecule has 7 nitrogen and oxygen atoms in total. The van der Waals surface area contributed by atoms with Crippen molar-refractivity contribution in [3.8, 4) is 0 Å². The zero-order valence-electron chi connectivity index (χ0n) is 11.2. The molecule has 108 valence electrons. The van der Waals surface area contributed by atoms with Crippen LogP contribution in [-0.4, -0.2) is 33.4 Å². The van der Waals surface area contributed by atoms with Crippen molar-refractivity contribution >= 4 is 27.9 Å². The molecule has 1 saturated heterocycles. The Morgan fingerprint density at radius 2 is 2.45 bits per heavy atom. The fourth-order valence-corrected chi connectivity index (χ4v) is 3.58. The highest BCUT2D eigenvalue weighted by Crippen LogP contribution is 2.35. The Balaban J connectivity index is 2.06. The molecule has 2 aromatic rings. The summed E-state index contributed by atoms with van der Waals surface area (Å²) in [5.74, 6) is 1.11. The molecule has 20 heavy (non-hydrogen) atoms. The zero-order chi connectivity index (χ0) is 14.3. The van der Waals surface area contributed by atoms with E-state index in [2.05, 4.69) is 11.9 Å². The number of nitrogens with two attached hydrogens (primary N) is 1. The molecule has 0 aromatic carbocycles. The molecule has 0 spiro atoms. The Morgan fingerprint density at radius 1 is 1.65 bits per heavy atom.